The Balaban J connectivity index is 2.82. The van der Waals surface area contributed by atoms with Crippen molar-refractivity contribution >= 4 is 22.9 Å². The van der Waals surface area contributed by atoms with Crippen molar-refractivity contribution in [3.05, 3.63) is 33.2 Å². The van der Waals surface area contributed by atoms with Crippen molar-refractivity contribution in [1.29, 1.82) is 0 Å². The summed E-state index contributed by atoms with van der Waals surface area (Å²) in [5, 5.41) is 15.1. The monoisotopic (exact) mass is 226 g/mol. The molecule has 78 valence electrons. The van der Waals surface area contributed by atoms with Crippen LogP contribution in [0.25, 0.3) is 5.65 Å². The number of nitrogens with zero attached hydrogens (tertiary/aromatic N) is 4. The number of hydrogen-bond acceptors (Lipinski definition) is 4. The summed E-state index contributed by atoms with van der Waals surface area (Å²) in [4.78, 5) is 14.2. The fourth-order valence-corrected chi connectivity index (χ4v) is 1.50. The molecule has 0 aliphatic carbocycles. The van der Waals surface area contributed by atoms with Crippen LogP contribution in [-0.2, 0) is 6.42 Å². The van der Waals surface area contributed by atoms with Crippen LogP contribution >= 0.6 is 11.6 Å². The maximum Gasteiger partial charge on any atom is 0.336 e. The van der Waals surface area contributed by atoms with Crippen LogP contribution in [0.4, 0.5) is 5.69 Å². The molecule has 0 aromatic carbocycles. The number of aromatic nitrogens is 3. The van der Waals surface area contributed by atoms with Crippen molar-refractivity contribution in [1.82, 2.24) is 14.6 Å². The van der Waals surface area contributed by atoms with Gasteiger partial charge in [0.1, 0.15) is 10.8 Å². The average molecular weight is 227 g/mol. The van der Waals surface area contributed by atoms with Gasteiger partial charge in [-0.05, 0) is 12.5 Å². The highest BCUT2D eigenvalue weighted by Crippen LogP contribution is 2.24. The van der Waals surface area contributed by atoms with Gasteiger partial charge in [-0.2, -0.15) is 5.10 Å². The fraction of sp³-hybridized carbons (Fsp3) is 0.250. The quantitative estimate of drug-likeness (QED) is 0.445. The molecule has 0 aliphatic heterocycles. The molecule has 0 atom stereocenters. The zero-order chi connectivity index (χ0) is 11.0. The molecule has 0 fully saturated rings. The summed E-state index contributed by atoms with van der Waals surface area (Å²) in [5.74, 6) is 0. The Labute approximate surface area is 89.6 Å². The van der Waals surface area contributed by atoms with E-state index in [4.69, 9.17) is 11.6 Å². The lowest BCUT2D eigenvalue weighted by Gasteiger charge is -1.91. The molecule has 7 heteroatoms. The molecule has 0 aliphatic rings. The van der Waals surface area contributed by atoms with Crippen LogP contribution < -0.4 is 0 Å². The van der Waals surface area contributed by atoms with Crippen molar-refractivity contribution in [3.63, 3.8) is 0 Å². The Hall–Kier alpha value is -1.69. The molecule has 0 N–H and O–H groups in total. The van der Waals surface area contributed by atoms with Crippen molar-refractivity contribution in [2.75, 3.05) is 0 Å². The lowest BCUT2D eigenvalue weighted by Crippen LogP contribution is -1.92. The van der Waals surface area contributed by atoms with E-state index >= 15 is 0 Å². The minimum atomic E-state index is -0.482. The number of nitro groups is 1. The summed E-state index contributed by atoms with van der Waals surface area (Å²) < 4.78 is 1.36. The minimum absolute atomic E-state index is 0.0694. The molecule has 6 nitrogen and oxygen atoms in total. The standard InChI is InChI=1S/C8H7ClN4O2/c1-2-5-7(13(14)15)8-10-6(9)3-4-12(8)11-5/h3-4H,2H2,1H3. The van der Waals surface area contributed by atoms with Gasteiger partial charge in [-0.15, -0.1) is 0 Å². The van der Waals surface area contributed by atoms with Crippen LogP contribution in [0.15, 0.2) is 12.3 Å². The van der Waals surface area contributed by atoms with Crippen LogP contribution in [0, 0.1) is 10.1 Å². The SMILES string of the molecule is CCc1nn2ccc(Cl)nc2c1[N+](=O)[O-]. The lowest BCUT2D eigenvalue weighted by atomic mass is 10.3. The van der Waals surface area contributed by atoms with Gasteiger partial charge in [-0.3, -0.25) is 10.1 Å². The van der Waals surface area contributed by atoms with Crippen LogP contribution in [0.3, 0.4) is 0 Å². The molecule has 0 unspecified atom stereocenters. The number of aryl methyl sites for hydroxylation is 1. The molecule has 0 saturated heterocycles. The van der Waals surface area contributed by atoms with Crippen molar-refractivity contribution in [2.45, 2.75) is 13.3 Å². The van der Waals surface area contributed by atoms with Crippen molar-refractivity contribution < 1.29 is 4.92 Å². The molecule has 0 bridgehead atoms. The Morgan fingerprint density at radius 1 is 1.67 bits per heavy atom. The number of fused-ring (bicyclic) bond motifs is 1. The van der Waals surface area contributed by atoms with E-state index in [1.165, 1.54) is 10.6 Å². The summed E-state index contributed by atoms with van der Waals surface area (Å²) in [7, 11) is 0. The molecule has 0 spiro atoms. The Morgan fingerprint density at radius 3 is 3.00 bits per heavy atom. The zero-order valence-corrected chi connectivity index (χ0v) is 8.60. The average Bonchev–Trinajstić information content (AvgIpc) is 2.55. The summed E-state index contributed by atoms with van der Waals surface area (Å²) in [5.41, 5.74) is 0.527. The molecule has 2 aromatic rings. The van der Waals surface area contributed by atoms with Crippen LogP contribution in [0.5, 0.6) is 0 Å². The second kappa shape index (κ2) is 3.47. The topological polar surface area (TPSA) is 73.3 Å². The van der Waals surface area contributed by atoms with Gasteiger partial charge in [0.2, 0.25) is 5.65 Å². The van der Waals surface area contributed by atoms with E-state index in [2.05, 4.69) is 10.1 Å². The van der Waals surface area contributed by atoms with E-state index in [0.717, 1.165) is 0 Å². The van der Waals surface area contributed by atoms with Crippen molar-refractivity contribution in [2.24, 2.45) is 0 Å². The van der Waals surface area contributed by atoms with Gasteiger partial charge in [-0.1, -0.05) is 18.5 Å². The first-order valence-corrected chi connectivity index (χ1v) is 4.69. The molecular weight excluding hydrogens is 220 g/mol. The van der Waals surface area contributed by atoms with Gasteiger partial charge in [-0.25, -0.2) is 9.50 Å². The summed E-state index contributed by atoms with van der Waals surface area (Å²) >= 11 is 5.67. The third-order valence-electron chi connectivity index (χ3n) is 2.01. The summed E-state index contributed by atoms with van der Waals surface area (Å²) in [6.45, 7) is 1.80. The summed E-state index contributed by atoms with van der Waals surface area (Å²) in [6.07, 6.45) is 2.04. The second-order valence-electron chi connectivity index (χ2n) is 2.92. The van der Waals surface area contributed by atoms with Gasteiger partial charge >= 0.3 is 5.69 Å². The molecule has 2 aromatic heterocycles. The minimum Gasteiger partial charge on any atom is -0.258 e. The van der Waals surface area contributed by atoms with E-state index in [1.807, 2.05) is 0 Å². The molecule has 0 saturated carbocycles. The first-order valence-electron chi connectivity index (χ1n) is 4.31. The van der Waals surface area contributed by atoms with E-state index in [0.29, 0.717) is 12.1 Å². The van der Waals surface area contributed by atoms with Crippen LogP contribution in [0.1, 0.15) is 12.6 Å². The Morgan fingerprint density at radius 2 is 2.40 bits per heavy atom. The highest BCUT2D eigenvalue weighted by Gasteiger charge is 2.23. The Bertz CT molecular complexity index is 537. The van der Waals surface area contributed by atoms with Gasteiger partial charge in [0, 0.05) is 6.20 Å². The predicted molar refractivity (Wildman–Crippen MR) is 54.0 cm³/mol. The van der Waals surface area contributed by atoms with E-state index in [1.54, 1.807) is 13.1 Å². The zero-order valence-electron chi connectivity index (χ0n) is 7.85. The first kappa shape index (κ1) is 9.85. The molecular formula is C8H7ClN4O2. The molecule has 0 radical (unpaired) electrons. The highest BCUT2D eigenvalue weighted by molar-refractivity contribution is 6.29. The highest BCUT2D eigenvalue weighted by atomic mass is 35.5. The maximum atomic E-state index is 10.8. The maximum absolute atomic E-state index is 10.8. The first-order chi connectivity index (χ1) is 7.13. The molecule has 15 heavy (non-hydrogen) atoms. The number of rotatable bonds is 2. The molecule has 2 rings (SSSR count). The molecule has 2 heterocycles. The van der Waals surface area contributed by atoms with Crippen molar-refractivity contribution in [3.8, 4) is 0 Å². The van der Waals surface area contributed by atoms with Gasteiger partial charge in [0.05, 0.1) is 4.92 Å². The Kier molecular flexibility index (Phi) is 2.28. The predicted octanol–water partition coefficient (Wildman–Crippen LogP) is 1.85. The van der Waals surface area contributed by atoms with Crippen LogP contribution in [0.2, 0.25) is 5.15 Å². The van der Waals surface area contributed by atoms with Gasteiger partial charge in [0.25, 0.3) is 0 Å². The van der Waals surface area contributed by atoms with Gasteiger partial charge in [0.15, 0.2) is 0 Å². The lowest BCUT2D eigenvalue weighted by molar-refractivity contribution is -0.384. The second-order valence-corrected chi connectivity index (χ2v) is 3.31. The third kappa shape index (κ3) is 1.52. The fourth-order valence-electron chi connectivity index (χ4n) is 1.37. The largest absolute Gasteiger partial charge is 0.336 e. The smallest absolute Gasteiger partial charge is 0.258 e. The van der Waals surface area contributed by atoms with E-state index < -0.39 is 4.92 Å². The van der Waals surface area contributed by atoms with Gasteiger partial charge < -0.3 is 0 Å². The van der Waals surface area contributed by atoms with Crippen LogP contribution in [-0.4, -0.2) is 19.5 Å². The normalized spacial score (nSPS) is 10.8. The number of hydrogen-bond donors (Lipinski definition) is 0. The van der Waals surface area contributed by atoms with E-state index in [9.17, 15) is 10.1 Å². The summed E-state index contributed by atoms with van der Waals surface area (Å²) in [6, 6.07) is 1.53. The third-order valence-corrected chi connectivity index (χ3v) is 2.22. The molecule has 0 amide bonds. The van der Waals surface area contributed by atoms with E-state index in [-0.39, 0.29) is 16.5 Å². The number of halogens is 1.